The van der Waals surface area contributed by atoms with E-state index in [0.29, 0.717) is 37.1 Å². The number of furan rings is 1. The Bertz CT molecular complexity index is 748. The number of nitrogens with one attached hydrogen (secondary N) is 1. The van der Waals surface area contributed by atoms with Crippen LogP contribution < -0.4 is 5.32 Å². The second-order valence-corrected chi connectivity index (χ2v) is 6.51. The first kappa shape index (κ1) is 17.3. The Hall–Kier alpha value is -2.52. The second kappa shape index (κ2) is 8.04. The molecule has 0 unspecified atom stereocenters. The van der Waals surface area contributed by atoms with Gasteiger partial charge in [-0.05, 0) is 25.1 Å². The summed E-state index contributed by atoms with van der Waals surface area (Å²) >= 11 is 1.28. The fraction of sp³-hybridized carbons (Fsp3) is 0.375. The molecule has 0 aliphatic carbocycles. The van der Waals surface area contributed by atoms with E-state index in [-0.39, 0.29) is 18.4 Å². The number of anilines is 1. The summed E-state index contributed by atoms with van der Waals surface area (Å²) in [5.74, 6) is 1.31. The Morgan fingerprint density at radius 3 is 2.76 bits per heavy atom. The first-order valence-electron chi connectivity index (χ1n) is 7.92. The lowest BCUT2D eigenvalue weighted by atomic mass is 10.3. The predicted molar refractivity (Wildman–Crippen MR) is 94.0 cm³/mol. The maximum atomic E-state index is 12.2. The van der Waals surface area contributed by atoms with Crippen molar-refractivity contribution >= 4 is 34.4 Å². The molecule has 0 saturated carbocycles. The third-order valence-electron chi connectivity index (χ3n) is 3.81. The van der Waals surface area contributed by atoms with Gasteiger partial charge in [0.2, 0.25) is 16.9 Å². The highest BCUT2D eigenvalue weighted by molar-refractivity contribution is 7.13. The van der Waals surface area contributed by atoms with Crippen LogP contribution in [0.4, 0.5) is 5.13 Å². The lowest BCUT2D eigenvalue weighted by molar-refractivity contribution is -0.127. The minimum atomic E-state index is -0.121. The summed E-state index contributed by atoms with van der Waals surface area (Å²) in [4.78, 5) is 27.9. The Kier molecular flexibility index (Phi) is 5.56. The van der Waals surface area contributed by atoms with E-state index < -0.39 is 0 Å². The molecule has 132 valence electrons. The highest BCUT2D eigenvalue weighted by atomic mass is 32.1. The number of carbonyl (C=O) groups is 2. The summed E-state index contributed by atoms with van der Waals surface area (Å²) in [6.45, 7) is 4.63. The van der Waals surface area contributed by atoms with Gasteiger partial charge in [0, 0.05) is 32.3 Å². The molecule has 0 bridgehead atoms. The van der Waals surface area contributed by atoms with E-state index in [1.807, 2.05) is 24.0 Å². The number of rotatable bonds is 5. The van der Waals surface area contributed by atoms with Crippen molar-refractivity contribution in [2.24, 2.45) is 0 Å². The number of hydrogen-bond donors (Lipinski definition) is 1. The monoisotopic (exact) mass is 361 g/mol. The predicted octanol–water partition coefficient (Wildman–Crippen LogP) is 1.24. The fourth-order valence-corrected chi connectivity index (χ4v) is 2.98. The average molecular weight is 361 g/mol. The Morgan fingerprint density at radius 2 is 2.12 bits per heavy atom. The van der Waals surface area contributed by atoms with Crippen molar-refractivity contribution in [3.63, 3.8) is 0 Å². The Balaban J connectivity index is 1.42. The zero-order valence-corrected chi connectivity index (χ0v) is 14.7. The number of aryl methyl sites for hydroxylation is 1. The summed E-state index contributed by atoms with van der Waals surface area (Å²) in [7, 11) is 0. The van der Waals surface area contributed by atoms with Crippen LogP contribution in [0.1, 0.15) is 11.5 Å². The SMILES string of the molecule is Cc1ccc(C=CC(=O)N2CCN(CC(=O)Nc3nncs3)CC2)o1. The van der Waals surface area contributed by atoms with E-state index in [1.54, 1.807) is 16.5 Å². The van der Waals surface area contributed by atoms with Gasteiger partial charge in [0.25, 0.3) is 0 Å². The lowest BCUT2D eigenvalue weighted by Crippen LogP contribution is -2.50. The van der Waals surface area contributed by atoms with E-state index in [4.69, 9.17) is 4.42 Å². The number of piperazine rings is 1. The summed E-state index contributed by atoms with van der Waals surface area (Å²) in [6, 6.07) is 3.68. The molecule has 3 rings (SSSR count). The molecule has 1 saturated heterocycles. The zero-order valence-electron chi connectivity index (χ0n) is 13.8. The minimum absolute atomic E-state index is 0.0491. The van der Waals surface area contributed by atoms with Crippen molar-refractivity contribution < 1.29 is 14.0 Å². The van der Waals surface area contributed by atoms with E-state index in [1.165, 1.54) is 17.4 Å². The summed E-state index contributed by atoms with van der Waals surface area (Å²) in [5, 5.41) is 10.7. The molecule has 9 heteroatoms. The summed E-state index contributed by atoms with van der Waals surface area (Å²) in [5.41, 5.74) is 1.57. The van der Waals surface area contributed by atoms with Crippen LogP contribution >= 0.6 is 11.3 Å². The normalized spacial score (nSPS) is 15.6. The van der Waals surface area contributed by atoms with E-state index in [0.717, 1.165) is 5.76 Å². The smallest absolute Gasteiger partial charge is 0.246 e. The van der Waals surface area contributed by atoms with Crippen molar-refractivity contribution in [2.45, 2.75) is 6.92 Å². The molecular weight excluding hydrogens is 342 g/mol. The molecule has 1 aliphatic rings. The molecule has 2 aromatic heterocycles. The average Bonchev–Trinajstić information content (AvgIpc) is 3.25. The largest absolute Gasteiger partial charge is 0.462 e. The Labute approximate surface area is 149 Å². The molecule has 0 spiro atoms. The van der Waals surface area contributed by atoms with Crippen LogP contribution in [0.2, 0.25) is 0 Å². The van der Waals surface area contributed by atoms with Gasteiger partial charge in [0.15, 0.2) is 0 Å². The van der Waals surface area contributed by atoms with E-state index >= 15 is 0 Å². The van der Waals surface area contributed by atoms with E-state index in [9.17, 15) is 9.59 Å². The maximum absolute atomic E-state index is 12.2. The minimum Gasteiger partial charge on any atom is -0.462 e. The number of aromatic nitrogens is 2. The molecule has 3 heterocycles. The third kappa shape index (κ3) is 4.97. The van der Waals surface area contributed by atoms with Crippen LogP contribution in [-0.4, -0.2) is 64.5 Å². The number of nitrogens with zero attached hydrogens (tertiary/aromatic N) is 4. The standard InChI is InChI=1S/C16H19N5O3S/c1-12-2-3-13(24-12)4-5-15(23)21-8-6-20(7-9-21)10-14(22)18-16-19-17-11-25-16/h2-5,11H,6-10H2,1H3,(H,18,19,22). The van der Waals surface area contributed by atoms with Gasteiger partial charge in [0.05, 0.1) is 6.54 Å². The van der Waals surface area contributed by atoms with Crippen molar-refractivity contribution in [2.75, 3.05) is 38.0 Å². The van der Waals surface area contributed by atoms with E-state index in [2.05, 4.69) is 15.5 Å². The van der Waals surface area contributed by atoms with Gasteiger partial charge in [-0.1, -0.05) is 11.3 Å². The van der Waals surface area contributed by atoms with Crippen molar-refractivity contribution in [1.82, 2.24) is 20.0 Å². The molecule has 1 aliphatic heterocycles. The highest BCUT2D eigenvalue weighted by Gasteiger charge is 2.21. The molecule has 1 N–H and O–H groups in total. The third-order valence-corrected chi connectivity index (χ3v) is 4.42. The van der Waals surface area contributed by atoms with Crippen molar-refractivity contribution in [3.8, 4) is 0 Å². The van der Waals surface area contributed by atoms with Crippen molar-refractivity contribution in [1.29, 1.82) is 0 Å². The first-order valence-corrected chi connectivity index (χ1v) is 8.80. The van der Waals surface area contributed by atoms with Gasteiger partial charge in [-0.25, -0.2) is 0 Å². The summed E-state index contributed by atoms with van der Waals surface area (Å²) in [6.07, 6.45) is 3.20. The molecule has 8 nitrogen and oxygen atoms in total. The van der Waals surface area contributed by atoms with Gasteiger partial charge in [-0.3, -0.25) is 19.8 Å². The topological polar surface area (TPSA) is 91.6 Å². The van der Waals surface area contributed by atoms with Gasteiger partial charge < -0.3 is 9.32 Å². The Morgan fingerprint density at radius 1 is 1.32 bits per heavy atom. The lowest BCUT2D eigenvalue weighted by Gasteiger charge is -2.33. The van der Waals surface area contributed by atoms with Crippen molar-refractivity contribution in [3.05, 3.63) is 35.2 Å². The second-order valence-electron chi connectivity index (χ2n) is 5.68. The molecule has 0 radical (unpaired) electrons. The van der Waals surface area contributed by atoms with Crippen LogP contribution in [0.15, 0.2) is 28.1 Å². The molecule has 1 fully saturated rings. The van der Waals surface area contributed by atoms with Crippen LogP contribution in [0.5, 0.6) is 0 Å². The van der Waals surface area contributed by atoms with Gasteiger partial charge >= 0.3 is 0 Å². The quantitative estimate of drug-likeness (QED) is 0.806. The molecule has 0 atom stereocenters. The molecule has 25 heavy (non-hydrogen) atoms. The van der Waals surface area contributed by atoms with Gasteiger partial charge in [-0.2, -0.15) is 0 Å². The number of hydrogen-bond acceptors (Lipinski definition) is 7. The number of amides is 2. The molecule has 2 aromatic rings. The maximum Gasteiger partial charge on any atom is 0.246 e. The molecular formula is C16H19N5O3S. The van der Waals surface area contributed by atoms with Crippen LogP contribution in [-0.2, 0) is 9.59 Å². The van der Waals surface area contributed by atoms with Crippen LogP contribution in [0.3, 0.4) is 0 Å². The van der Waals surface area contributed by atoms with Crippen LogP contribution in [0, 0.1) is 6.92 Å². The first-order chi connectivity index (χ1) is 12.1. The fourth-order valence-electron chi connectivity index (χ4n) is 2.52. The highest BCUT2D eigenvalue weighted by Crippen LogP contribution is 2.10. The van der Waals surface area contributed by atoms with Crippen LogP contribution in [0.25, 0.3) is 6.08 Å². The molecule has 0 aromatic carbocycles. The van der Waals surface area contributed by atoms with Gasteiger partial charge in [0.1, 0.15) is 17.0 Å². The molecule has 2 amide bonds. The number of carbonyl (C=O) groups excluding carboxylic acids is 2. The zero-order chi connectivity index (χ0) is 17.6. The summed E-state index contributed by atoms with van der Waals surface area (Å²) < 4.78 is 5.41. The van der Waals surface area contributed by atoms with Gasteiger partial charge in [-0.15, -0.1) is 10.2 Å².